The minimum atomic E-state index is -4.67. The predicted octanol–water partition coefficient (Wildman–Crippen LogP) is -10.4. The Kier molecular flexibility index (Phi) is 42.1. The smallest absolute Gasteiger partial charge is 1.00 e. The monoisotopic (exact) mass is 383 g/mol. The first-order valence-corrected chi connectivity index (χ1v) is 6.29. The van der Waals surface area contributed by atoms with Crippen LogP contribution in [0.15, 0.2) is 0 Å². The molecule has 9 N–H and O–H groups in total. The van der Waals surface area contributed by atoms with E-state index in [1.165, 1.54) is 0 Å². The molecule has 19 heavy (non-hydrogen) atoms. The number of rotatable bonds is 0. The number of hydrogen-bond acceptors (Lipinski definition) is 7. The zero-order valence-corrected chi connectivity index (χ0v) is 18.5. The summed E-state index contributed by atoms with van der Waals surface area (Å²) in [5.41, 5.74) is 0. The summed E-state index contributed by atoms with van der Waals surface area (Å²) in [6.07, 6.45) is 0. The molecule has 0 aliphatic rings. The van der Waals surface area contributed by atoms with Crippen LogP contribution < -0.4 is 94.8 Å². The van der Waals surface area contributed by atoms with Gasteiger partial charge < -0.3 is 10.4 Å². The van der Waals surface area contributed by atoms with E-state index in [0.29, 0.717) is 0 Å². The molecule has 0 bridgehead atoms. The topological polar surface area (TPSA) is 259 Å². The van der Waals surface area contributed by atoms with Gasteiger partial charge in [0.05, 0.1) is 0 Å². The maximum absolute atomic E-state index is 8.74. The van der Waals surface area contributed by atoms with E-state index in [1.807, 2.05) is 0 Å². The van der Waals surface area contributed by atoms with Crippen molar-refractivity contribution < 1.29 is 146 Å². The van der Waals surface area contributed by atoms with Gasteiger partial charge in [-0.25, -0.2) is 0 Å². The third kappa shape index (κ3) is 1070. The Balaban J connectivity index is -0.0000000106. The van der Waals surface area contributed by atoms with Crippen LogP contribution >= 0.6 is 0 Å². The fraction of sp³-hybridized carbons (Fsp3) is 0. The molecule has 0 unspecified atom stereocenters. The molecule has 0 fully saturated rings. The van der Waals surface area contributed by atoms with Crippen molar-refractivity contribution in [3.05, 3.63) is 0 Å². The largest absolute Gasteiger partial charge is 1.00 e. The van der Waals surface area contributed by atoms with Gasteiger partial charge >= 0.3 is 120 Å². The van der Waals surface area contributed by atoms with E-state index in [4.69, 9.17) is 52.6 Å². The van der Waals surface area contributed by atoms with E-state index in [-0.39, 0.29) is 99.1 Å². The molecule has 0 aromatic rings. The van der Waals surface area contributed by atoms with E-state index < -0.39 is 31.2 Å². The first-order chi connectivity index (χ1) is 6.00. The summed E-state index contributed by atoms with van der Waals surface area (Å²) in [7, 11) is -14.0. The van der Waals surface area contributed by atoms with E-state index >= 15 is 0 Å². The molecule has 0 heterocycles. The third-order valence-corrected chi connectivity index (χ3v) is 0. The van der Waals surface area contributed by atoms with Crippen LogP contribution in [-0.2, 0) is 31.2 Å². The van der Waals surface area contributed by atoms with Crippen LogP contribution in [-0.4, -0.2) is 52.6 Å². The first kappa shape index (κ1) is 43.0. The second kappa shape index (κ2) is 18.6. The summed E-state index contributed by atoms with van der Waals surface area (Å²) in [5.74, 6) is 0. The van der Waals surface area contributed by atoms with Crippen molar-refractivity contribution in [1.29, 1.82) is 0 Å². The Bertz CT molecular complexity index is 362. The Morgan fingerprint density at radius 3 is 0.474 bits per heavy atom. The second-order valence-corrected chi connectivity index (χ2v) is 4.03. The van der Waals surface area contributed by atoms with Gasteiger partial charge in [0.25, 0.3) is 0 Å². The zero-order valence-electron chi connectivity index (χ0n) is 13.1. The molecule has 19 heteroatoms. The Hall–Kier alpha value is 2.57. The van der Waals surface area contributed by atoms with Crippen molar-refractivity contribution in [2.45, 2.75) is 0 Å². The fourth-order valence-electron chi connectivity index (χ4n) is 0. The van der Waals surface area contributed by atoms with Crippen LogP contribution in [0.5, 0.6) is 0 Å². The van der Waals surface area contributed by atoms with Crippen LogP contribution in [0.25, 0.3) is 0 Å². The zero-order chi connectivity index (χ0) is 13.5. The fourth-order valence-corrected chi connectivity index (χ4v) is 0. The van der Waals surface area contributed by atoms with Crippen molar-refractivity contribution in [1.82, 2.24) is 6.15 Å². The molecule has 0 aromatic carbocycles. The van der Waals surface area contributed by atoms with Crippen molar-refractivity contribution in [2.75, 3.05) is 0 Å². The molecule has 0 radical (unpaired) electrons. The summed E-state index contributed by atoms with van der Waals surface area (Å²) in [6.45, 7) is 0. The molecule has 0 amide bonds. The molecule has 0 spiro atoms. The molecule has 0 saturated heterocycles. The molecular formula is H12NNa3O12S3. The molecule has 0 rings (SSSR count). The van der Waals surface area contributed by atoms with Crippen molar-refractivity contribution in [3.63, 3.8) is 0 Å². The molecule has 0 aliphatic heterocycles. The number of hydrogen-bond donors (Lipinski definition) is 7. The minimum Gasteiger partial charge on any atom is -1.00 e. The SMILES string of the molecule is N.O=S(=O)(O)O.O=S(=O)(O)O.O=S(=O)(O)O.[H-].[H-].[H-].[Na+].[Na+].[Na+]. The minimum absolute atomic E-state index is 0. The molecule has 0 aromatic heterocycles. The van der Waals surface area contributed by atoms with Crippen molar-refractivity contribution >= 4 is 31.2 Å². The normalized spacial score (nSPS) is 9.16. The molecule has 13 nitrogen and oxygen atoms in total. The quantitative estimate of drug-likeness (QED) is 0.151. The van der Waals surface area contributed by atoms with Gasteiger partial charge in [0.15, 0.2) is 0 Å². The van der Waals surface area contributed by atoms with Gasteiger partial charge in [-0.2, -0.15) is 25.3 Å². The Labute approximate surface area is 180 Å². The van der Waals surface area contributed by atoms with Gasteiger partial charge in [-0.3, -0.25) is 27.3 Å². The van der Waals surface area contributed by atoms with Crippen molar-refractivity contribution in [2.24, 2.45) is 0 Å². The summed E-state index contributed by atoms with van der Waals surface area (Å²) in [5, 5.41) is 0. The molecule has 0 atom stereocenters. The molecule has 110 valence electrons. The van der Waals surface area contributed by atoms with Gasteiger partial charge in [0.2, 0.25) is 0 Å². The Morgan fingerprint density at radius 1 is 0.474 bits per heavy atom. The van der Waals surface area contributed by atoms with Gasteiger partial charge in [-0.05, 0) is 0 Å². The first-order valence-electron chi connectivity index (χ1n) is 2.10. The Morgan fingerprint density at radius 2 is 0.474 bits per heavy atom. The second-order valence-electron chi connectivity index (χ2n) is 1.34. The van der Waals surface area contributed by atoms with Gasteiger partial charge in [-0.15, -0.1) is 0 Å². The van der Waals surface area contributed by atoms with Crippen LogP contribution in [0.1, 0.15) is 4.28 Å². The van der Waals surface area contributed by atoms with Crippen LogP contribution in [0.2, 0.25) is 0 Å². The van der Waals surface area contributed by atoms with E-state index in [9.17, 15) is 0 Å². The van der Waals surface area contributed by atoms with Crippen LogP contribution in [0.3, 0.4) is 0 Å². The molecular weight excluding hydrogens is 371 g/mol. The predicted molar refractivity (Wildman–Crippen MR) is 50.9 cm³/mol. The van der Waals surface area contributed by atoms with Gasteiger partial charge in [-0.1, -0.05) is 0 Å². The van der Waals surface area contributed by atoms with Gasteiger partial charge in [0.1, 0.15) is 0 Å². The van der Waals surface area contributed by atoms with E-state index in [2.05, 4.69) is 0 Å². The standard InChI is InChI=1S/H3N.3Na.3H2O4S.3H/c;;;;3*1-5(2,3)4;;;/h1H3;;;;3*(H2,1,2,3,4);;;/q;3*+1;;;;3*-1. The summed E-state index contributed by atoms with van der Waals surface area (Å²) in [6, 6.07) is 0. The summed E-state index contributed by atoms with van der Waals surface area (Å²) >= 11 is 0. The van der Waals surface area contributed by atoms with Crippen LogP contribution in [0.4, 0.5) is 0 Å². The molecule has 0 aliphatic carbocycles. The average Bonchev–Trinajstić information content (AvgIpc) is 1.41. The van der Waals surface area contributed by atoms with E-state index in [0.717, 1.165) is 0 Å². The maximum Gasteiger partial charge on any atom is 1.00 e. The van der Waals surface area contributed by atoms with Crippen LogP contribution in [0, 0.1) is 0 Å². The molecule has 0 saturated carbocycles. The average molecular weight is 383 g/mol. The summed E-state index contributed by atoms with van der Waals surface area (Å²) in [4.78, 5) is 0. The third-order valence-electron chi connectivity index (χ3n) is 0. The summed E-state index contributed by atoms with van der Waals surface area (Å²) < 4.78 is 94.8. The van der Waals surface area contributed by atoms with Crippen molar-refractivity contribution in [3.8, 4) is 0 Å². The van der Waals surface area contributed by atoms with Gasteiger partial charge in [0, 0.05) is 0 Å². The maximum atomic E-state index is 8.74. The van der Waals surface area contributed by atoms with E-state index in [1.54, 1.807) is 0 Å².